The standard InChI is InChI=1S/C18H21ClN2O5S/c1-20(27(23,24)17-10-13(19)8-9-16(17)26-4)12-18(22)21(2)14-6-5-7-15(11-14)25-3/h5-11H,12H2,1-4H3. The van der Waals surface area contributed by atoms with Crippen LogP contribution in [0.4, 0.5) is 5.69 Å². The zero-order valence-corrected chi connectivity index (χ0v) is 17.0. The normalized spacial score (nSPS) is 11.3. The van der Waals surface area contributed by atoms with Gasteiger partial charge in [0.15, 0.2) is 0 Å². The van der Waals surface area contributed by atoms with Crippen LogP contribution >= 0.6 is 11.6 Å². The SMILES string of the molecule is COc1cccc(N(C)C(=O)CN(C)S(=O)(=O)c2cc(Cl)ccc2OC)c1. The summed E-state index contributed by atoms with van der Waals surface area (Å²) in [6.07, 6.45) is 0. The van der Waals surface area contributed by atoms with Gasteiger partial charge >= 0.3 is 0 Å². The number of halogens is 1. The van der Waals surface area contributed by atoms with Gasteiger partial charge in [0.2, 0.25) is 15.9 Å². The zero-order valence-electron chi connectivity index (χ0n) is 15.5. The van der Waals surface area contributed by atoms with Gasteiger partial charge in [-0.2, -0.15) is 4.31 Å². The van der Waals surface area contributed by atoms with E-state index in [0.717, 1.165) is 4.31 Å². The molecule has 0 spiro atoms. The molecule has 0 aliphatic rings. The predicted molar refractivity (Wildman–Crippen MR) is 104 cm³/mol. The first-order chi connectivity index (χ1) is 12.7. The summed E-state index contributed by atoms with van der Waals surface area (Å²) in [6, 6.07) is 11.2. The monoisotopic (exact) mass is 412 g/mol. The van der Waals surface area contributed by atoms with Crippen LogP contribution in [0.5, 0.6) is 11.5 Å². The number of hydrogen-bond acceptors (Lipinski definition) is 5. The van der Waals surface area contributed by atoms with Gasteiger partial charge in [0.05, 0.1) is 20.8 Å². The minimum absolute atomic E-state index is 0.100. The summed E-state index contributed by atoms with van der Waals surface area (Å²) in [5, 5.41) is 0.252. The zero-order chi connectivity index (χ0) is 20.2. The van der Waals surface area contributed by atoms with E-state index >= 15 is 0 Å². The maximum Gasteiger partial charge on any atom is 0.247 e. The van der Waals surface area contributed by atoms with Crippen molar-refractivity contribution in [1.82, 2.24) is 4.31 Å². The third-order valence-electron chi connectivity index (χ3n) is 3.99. The van der Waals surface area contributed by atoms with Crippen LogP contribution in [0.2, 0.25) is 5.02 Å². The molecule has 0 saturated carbocycles. The first kappa shape index (κ1) is 21.0. The van der Waals surface area contributed by atoms with Gasteiger partial charge in [-0.1, -0.05) is 17.7 Å². The molecule has 0 aliphatic carbocycles. The molecule has 2 aromatic rings. The Morgan fingerprint density at radius 3 is 2.41 bits per heavy atom. The lowest BCUT2D eigenvalue weighted by Crippen LogP contribution is -2.39. The van der Waals surface area contributed by atoms with Gasteiger partial charge in [-0.05, 0) is 30.3 Å². The predicted octanol–water partition coefficient (Wildman–Crippen LogP) is 2.64. The van der Waals surface area contributed by atoms with Gasteiger partial charge in [-0.15, -0.1) is 0 Å². The molecule has 2 rings (SSSR count). The fourth-order valence-corrected chi connectivity index (χ4v) is 3.90. The van der Waals surface area contributed by atoms with Crippen LogP contribution in [-0.4, -0.2) is 53.5 Å². The van der Waals surface area contributed by atoms with Crippen molar-refractivity contribution in [3.8, 4) is 11.5 Å². The number of benzene rings is 2. The highest BCUT2D eigenvalue weighted by molar-refractivity contribution is 7.89. The highest BCUT2D eigenvalue weighted by atomic mass is 35.5. The van der Waals surface area contributed by atoms with Gasteiger partial charge in [-0.3, -0.25) is 4.79 Å². The third kappa shape index (κ3) is 4.71. The number of rotatable bonds is 7. The first-order valence-corrected chi connectivity index (χ1v) is 9.73. The Bertz CT molecular complexity index is 933. The van der Waals surface area contributed by atoms with Crippen LogP contribution in [-0.2, 0) is 14.8 Å². The van der Waals surface area contributed by atoms with E-state index in [-0.39, 0.29) is 22.2 Å². The lowest BCUT2D eigenvalue weighted by atomic mass is 10.2. The van der Waals surface area contributed by atoms with Gasteiger partial charge in [-0.25, -0.2) is 8.42 Å². The van der Waals surface area contributed by atoms with E-state index in [9.17, 15) is 13.2 Å². The molecule has 9 heteroatoms. The molecule has 0 unspecified atom stereocenters. The number of carbonyl (C=O) groups excluding carboxylic acids is 1. The Hall–Kier alpha value is -2.29. The average molecular weight is 413 g/mol. The van der Waals surface area contributed by atoms with Crippen molar-refractivity contribution in [2.24, 2.45) is 0 Å². The smallest absolute Gasteiger partial charge is 0.247 e. The van der Waals surface area contributed by atoms with Crippen LogP contribution < -0.4 is 14.4 Å². The van der Waals surface area contributed by atoms with E-state index in [1.165, 1.54) is 44.4 Å². The van der Waals surface area contributed by atoms with Crippen molar-refractivity contribution in [3.63, 3.8) is 0 Å². The molecule has 0 N–H and O–H groups in total. The summed E-state index contributed by atoms with van der Waals surface area (Å²) >= 11 is 5.92. The number of sulfonamides is 1. The molecule has 0 heterocycles. The number of carbonyl (C=O) groups is 1. The molecule has 0 aromatic heterocycles. The molecule has 0 aliphatic heterocycles. The second kappa shape index (κ2) is 8.60. The lowest BCUT2D eigenvalue weighted by Gasteiger charge is -2.23. The fraction of sp³-hybridized carbons (Fsp3) is 0.278. The summed E-state index contributed by atoms with van der Waals surface area (Å²) in [6.45, 7) is -0.355. The molecule has 7 nitrogen and oxygen atoms in total. The topological polar surface area (TPSA) is 76.2 Å². The number of ether oxygens (including phenoxy) is 2. The van der Waals surface area contributed by atoms with Crippen molar-refractivity contribution in [1.29, 1.82) is 0 Å². The largest absolute Gasteiger partial charge is 0.497 e. The first-order valence-electron chi connectivity index (χ1n) is 7.91. The van der Waals surface area contributed by atoms with Gasteiger partial charge in [0.25, 0.3) is 0 Å². The van der Waals surface area contributed by atoms with Crippen LogP contribution in [0.3, 0.4) is 0 Å². The van der Waals surface area contributed by atoms with Crippen LogP contribution in [0, 0.1) is 0 Å². The maximum atomic E-state index is 12.9. The van der Waals surface area contributed by atoms with E-state index in [0.29, 0.717) is 11.4 Å². The molecule has 2 aromatic carbocycles. The summed E-state index contributed by atoms with van der Waals surface area (Å²) in [5.41, 5.74) is 0.588. The number of amides is 1. The number of methoxy groups -OCH3 is 2. The van der Waals surface area contributed by atoms with E-state index < -0.39 is 15.9 Å². The van der Waals surface area contributed by atoms with Crippen molar-refractivity contribution < 1.29 is 22.7 Å². The molecular formula is C18H21ClN2O5S. The van der Waals surface area contributed by atoms with Crippen LogP contribution in [0.1, 0.15) is 0 Å². The molecule has 1 amide bonds. The molecular weight excluding hydrogens is 392 g/mol. The Kier molecular flexibility index (Phi) is 6.69. The maximum absolute atomic E-state index is 12.9. The van der Waals surface area contributed by atoms with Crippen molar-refractivity contribution in [2.45, 2.75) is 4.90 Å². The second-order valence-corrected chi connectivity index (χ2v) is 8.16. The van der Waals surface area contributed by atoms with E-state index in [4.69, 9.17) is 21.1 Å². The Labute approximate surface area is 164 Å². The summed E-state index contributed by atoms with van der Waals surface area (Å²) in [4.78, 5) is 13.8. The number of nitrogens with zero attached hydrogens (tertiary/aromatic N) is 2. The quantitative estimate of drug-likeness (QED) is 0.698. The van der Waals surface area contributed by atoms with E-state index in [1.807, 2.05) is 0 Å². The summed E-state index contributed by atoms with van der Waals surface area (Å²) in [7, 11) is 1.81. The number of anilines is 1. The number of hydrogen-bond donors (Lipinski definition) is 0. The van der Waals surface area contributed by atoms with Crippen LogP contribution in [0.25, 0.3) is 0 Å². The molecule has 27 heavy (non-hydrogen) atoms. The highest BCUT2D eigenvalue weighted by Gasteiger charge is 2.28. The Morgan fingerprint density at radius 1 is 1.07 bits per heavy atom. The highest BCUT2D eigenvalue weighted by Crippen LogP contribution is 2.29. The van der Waals surface area contributed by atoms with E-state index in [2.05, 4.69) is 0 Å². The average Bonchev–Trinajstić information content (AvgIpc) is 2.67. The van der Waals surface area contributed by atoms with Crippen molar-refractivity contribution >= 4 is 33.2 Å². The fourth-order valence-electron chi connectivity index (χ4n) is 2.36. The minimum atomic E-state index is -3.98. The third-order valence-corrected chi connectivity index (χ3v) is 6.05. The molecule has 0 bridgehead atoms. The minimum Gasteiger partial charge on any atom is -0.497 e. The van der Waals surface area contributed by atoms with Crippen molar-refractivity contribution in [3.05, 3.63) is 47.5 Å². The Morgan fingerprint density at radius 2 is 1.78 bits per heavy atom. The van der Waals surface area contributed by atoms with E-state index in [1.54, 1.807) is 31.3 Å². The Balaban J connectivity index is 2.23. The molecule has 0 atom stereocenters. The van der Waals surface area contributed by atoms with Crippen LogP contribution in [0.15, 0.2) is 47.4 Å². The molecule has 0 fully saturated rings. The lowest BCUT2D eigenvalue weighted by molar-refractivity contribution is -0.118. The van der Waals surface area contributed by atoms with Gasteiger partial charge in [0.1, 0.15) is 16.4 Å². The number of likely N-dealkylation sites (N-methyl/N-ethyl adjacent to an activating group) is 2. The second-order valence-electron chi connectivity index (χ2n) is 5.71. The molecule has 146 valence electrons. The summed E-state index contributed by atoms with van der Waals surface area (Å²) in [5.74, 6) is 0.340. The molecule has 0 saturated heterocycles. The van der Waals surface area contributed by atoms with Crippen molar-refractivity contribution in [2.75, 3.05) is 39.8 Å². The summed E-state index contributed by atoms with van der Waals surface area (Å²) < 4.78 is 36.9. The molecule has 0 radical (unpaired) electrons. The van der Waals surface area contributed by atoms with Gasteiger partial charge < -0.3 is 14.4 Å². The van der Waals surface area contributed by atoms with Gasteiger partial charge in [0, 0.05) is 30.9 Å².